The first-order chi connectivity index (χ1) is 9.54. The van der Waals surface area contributed by atoms with Crippen molar-refractivity contribution in [3.05, 3.63) is 58.3 Å². The van der Waals surface area contributed by atoms with E-state index in [9.17, 15) is 4.39 Å². The monoisotopic (exact) mass is 337 g/mol. The third-order valence-corrected chi connectivity index (χ3v) is 3.21. The lowest BCUT2D eigenvalue weighted by Crippen LogP contribution is -2.05. The Morgan fingerprint density at radius 3 is 2.50 bits per heavy atom. The molecule has 0 aromatic heterocycles. The lowest BCUT2D eigenvalue weighted by molar-refractivity contribution is 0.242. The van der Waals surface area contributed by atoms with Gasteiger partial charge in [-0.3, -0.25) is 0 Å². The van der Waals surface area contributed by atoms with Crippen LogP contribution in [0.5, 0.6) is 5.75 Å². The van der Waals surface area contributed by atoms with Gasteiger partial charge < -0.3 is 10.1 Å². The molecule has 2 rings (SSSR count). The first kappa shape index (κ1) is 14.9. The molecule has 106 valence electrons. The van der Waals surface area contributed by atoms with E-state index in [0.29, 0.717) is 12.1 Å². The van der Waals surface area contributed by atoms with E-state index < -0.39 is 0 Å². The van der Waals surface area contributed by atoms with Crippen LogP contribution in [0.15, 0.2) is 46.9 Å². The fourth-order valence-corrected chi connectivity index (χ4v) is 2.21. The van der Waals surface area contributed by atoms with Crippen molar-refractivity contribution in [2.75, 3.05) is 5.32 Å². The molecule has 2 nitrogen and oxygen atoms in total. The van der Waals surface area contributed by atoms with Crippen molar-refractivity contribution >= 4 is 21.6 Å². The summed E-state index contributed by atoms with van der Waals surface area (Å²) < 4.78 is 20.0. The first-order valence-electron chi connectivity index (χ1n) is 6.49. The highest BCUT2D eigenvalue weighted by Gasteiger charge is 2.03. The summed E-state index contributed by atoms with van der Waals surface area (Å²) in [6.07, 6.45) is 0.157. The Bertz CT molecular complexity index is 569. The van der Waals surface area contributed by atoms with Crippen LogP contribution in [-0.2, 0) is 6.54 Å². The summed E-state index contributed by atoms with van der Waals surface area (Å²) in [6, 6.07) is 12.6. The van der Waals surface area contributed by atoms with Crippen LogP contribution >= 0.6 is 15.9 Å². The molecule has 0 fully saturated rings. The molecule has 0 bridgehead atoms. The zero-order valence-electron chi connectivity index (χ0n) is 11.5. The molecule has 0 aliphatic carbocycles. The Morgan fingerprint density at radius 1 is 1.15 bits per heavy atom. The van der Waals surface area contributed by atoms with E-state index in [-0.39, 0.29) is 11.9 Å². The van der Waals surface area contributed by atoms with E-state index in [4.69, 9.17) is 4.74 Å². The molecule has 2 aromatic rings. The van der Waals surface area contributed by atoms with Crippen molar-refractivity contribution in [3.63, 3.8) is 0 Å². The van der Waals surface area contributed by atoms with E-state index in [2.05, 4.69) is 21.2 Å². The Hall–Kier alpha value is -1.55. The van der Waals surface area contributed by atoms with Gasteiger partial charge in [-0.1, -0.05) is 15.9 Å². The van der Waals surface area contributed by atoms with Crippen LogP contribution in [0, 0.1) is 5.82 Å². The summed E-state index contributed by atoms with van der Waals surface area (Å²) in [5, 5.41) is 3.19. The lowest BCUT2D eigenvalue weighted by Gasteiger charge is -2.11. The van der Waals surface area contributed by atoms with Crippen molar-refractivity contribution in [1.29, 1.82) is 0 Å². The highest BCUT2D eigenvalue weighted by molar-refractivity contribution is 9.10. The third kappa shape index (κ3) is 4.23. The summed E-state index contributed by atoms with van der Waals surface area (Å²) in [5.74, 6) is 0.625. The second kappa shape index (κ2) is 6.75. The van der Waals surface area contributed by atoms with Crippen LogP contribution < -0.4 is 10.1 Å². The predicted molar refractivity (Wildman–Crippen MR) is 83.6 cm³/mol. The standard InChI is InChI=1S/C16H17BrFNO/c1-11(2)20-15-6-4-14(5-7-15)19-10-12-9-13(17)3-8-16(12)18/h3-9,11,19H,10H2,1-2H3. The van der Waals surface area contributed by atoms with Gasteiger partial charge in [0.25, 0.3) is 0 Å². The molecular formula is C16H17BrFNO. The summed E-state index contributed by atoms with van der Waals surface area (Å²) in [7, 11) is 0. The minimum absolute atomic E-state index is 0.157. The second-order valence-corrected chi connectivity index (χ2v) is 5.70. The van der Waals surface area contributed by atoms with Crippen LogP contribution in [0.4, 0.5) is 10.1 Å². The molecule has 4 heteroatoms. The van der Waals surface area contributed by atoms with Gasteiger partial charge in [-0.2, -0.15) is 0 Å². The van der Waals surface area contributed by atoms with Gasteiger partial charge in [0.05, 0.1) is 6.10 Å². The number of halogens is 2. The van der Waals surface area contributed by atoms with Gasteiger partial charge in [-0.25, -0.2) is 4.39 Å². The topological polar surface area (TPSA) is 21.3 Å². The Labute approximate surface area is 127 Å². The molecule has 2 aromatic carbocycles. The largest absolute Gasteiger partial charge is 0.491 e. The molecule has 0 aliphatic rings. The number of hydrogen-bond donors (Lipinski definition) is 1. The number of anilines is 1. The van der Waals surface area contributed by atoms with Crippen molar-refractivity contribution in [2.24, 2.45) is 0 Å². The van der Waals surface area contributed by atoms with Gasteiger partial charge >= 0.3 is 0 Å². The number of nitrogens with one attached hydrogen (secondary N) is 1. The number of rotatable bonds is 5. The summed E-state index contributed by atoms with van der Waals surface area (Å²) >= 11 is 3.34. The van der Waals surface area contributed by atoms with Gasteiger partial charge in [-0.05, 0) is 56.3 Å². The smallest absolute Gasteiger partial charge is 0.128 e. The maximum atomic E-state index is 13.6. The van der Waals surface area contributed by atoms with E-state index in [1.54, 1.807) is 12.1 Å². The quantitative estimate of drug-likeness (QED) is 0.829. The zero-order chi connectivity index (χ0) is 14.5. The van der Waals surface area contributed by atoms with Crippen LogP contribution in [-0.4, -0.2) is 6.10 Å². The molecule has 0 atom stereocenters. The summed E-state index contributed by atoms with van der Waals surface area (Å²) in [4.78, 5) is 0. The van der Waals surface area contributed by atoms with E-state index in [1.807, 2.05) is 38.1 Å². The second-order valence-electron chi connectivity index (χ2n) is 4.78. The molecule has 0 amide bonds. The maximum absolute atomic E-state index is 13.6. The van der Waals surface area contributed by atoms with Crippen molar-refractivity contribution in [1.82, 2.24) is 0 Å². The van der Waals surface area contributed by atoms with E-state index in [0.717, 1.165) is 15.9 Å². The van der Waals surface area contributed by atoms with Crippen molar-refractivity contribution in [3.8, 4) is 5.75 Å². The molecule has 0 unspecified atom stereocenters. The van der Waals surface area contributed by atoms with Gasteiger partial charge in [0.2, 0.25) is 0 Å². The van der Waals surface area contributed by atoms with Crippen LogP contribution in [0.1, 0.15) is 19.4 Å². The summed E-state index contributed by atoms with van der Waals surface area (Å²) in [5.41, 5.74) is 1.56. The fourth-order valence-electron chi connectivity index (χ4n) is 1.80. The molecule has 0 saturated heterocycles. The minimum Gasteiger partial charge on any atom is -0.491 e. The number of hydrogen-bond acceptors (Lipinski definition) is 2. The molecule has 0 spiro atoms. The van der Waals surface area contributed by atoms with Gasteiger partial charge in [-0.15, -0.1) is 0 Å². The zero-order valence-corrected chi connectivity index (χ0v) is 13.1. The minimum atomic E-state index is -0.208. The number of benzene rings is 2. The van der Waals surface area contributed by atoms with E-state index >= 15 is 0 Å². The highest BCUT2D eigenvalue weighted by atomic mass is 79.9. The molecular weight excluding hydrogens is 321 g/mol. The maximum Gasteiger partial charge on any atom is 0.128 e. The molecule has 0 saturated carbocycles. The average Bonchev–Trinajstić information content (AvgIpc) is 2.41. The van der Waals surface area contributed by atoms with Gasteiger partial charge in [0, 0.05) is 22.3 Å². The molecule has 0 aliphatic heterocycles. The lowest BCUT2D eigenvalue weighted by atomic mass is 10.2. The third-order valence-electron chi connectivity index (χ3n) is 2.72. The van der Waals surface area contributed by atoms with Crippen LogP contribution in [0.3, 0.4) is 0 Å². The van der Waals surface area contributed by atoms with Crippen molar-refractivity contribution in [2.45, 2.75) is 26.5 Å². The normalized spacial score (nSPS) is 10.7. The molecule has 0 heterocycles. The average molecular weight is 338 g/mol. The summed E-state index contributed by atoms with van der Waals surface area (Å²) in [6.45, 7) is 4.42. The SMILES string of the molecule is CC(C)Oc1ccc(NCc2cc(Br)ccc2F)cc1. The van der Waals surface area contributed by atoms with E-state index in [1.165, 1.54) is 6.07 Å². The first-order valence-corrected chi connectivity index (χ1v) is 7.28. The Morgan fingerprint density at radius 2 is 1.85 bits per heavy atom. The molecule has 0 radical (unpaired) electrons. The Balaban J connectivity index is 1.98. The van der Waals surface area contributed by atoms with Gasteiger partial charge in [0.1, 0.15) is 11.6 Å². The number of ether oxygens (including phenoxy) is 1. The molecule has 1 N–H and O–H groups in total. The predicted octanol–water partition coefficient (Wildman–Crippen LogP) is 4.99. The van der Waals surface area contributed by atoms with Crippen molar-refractivity contribution < 1.29 is 9.13 Å². The van der Waals surface area contributed by atoms with Crippen LogP contribution in [0.25, 0.3) is 0 Å². The van der Waals surface area contributed by atoms with Gasteiger partial charge in [0.15, 0.2) is 0 Å². The highest BCUT2D eigenvalue weighted by Crippen LogP contribution is 2.19. The Kier molecular flexibility index (Phi) is 5.01. The fraction of sp³-hybridized carbons (Fsp3) is 0.250. The molecule has 20 heavy (non-hydrogen) atoms. The van der Waals surface area contributed by atoms with Crippen LogP contribution in [0.2, 0.25) is 0 Å².